The zero-order chi connectivity index (χ0) is 15.8. The first-order valence-corrected chi connectivity index (χ1v) is 8.49. The fourth-order valence-corrected chi connectivity index (χ4v) is 3.64. The van der Waals surface area contributed by atoms with Crippen molar-refractivity contribution in [1.82, 2.24) is 15.1 Å². The van der Waals surface area contributed by atoms with Gasteiger partial charge < -0.3 is 4.74 Å². The van der Waals surface area contributed by atoms with Crippen molar-refractivity contribution in [3.8, 4) is 17.1 Å². The van der Waals surface area contributed by atoms with Crippen LogP contribution < -0.4 is 4.74 Å². The molecule has 5 rings (SSSR count). The molecular weight excluding hydrogens is 286 g/mol. The maximum Gasteiger partial charge on any atom is 0.233 e. The molecule has 4 heteroatoms. The maximum atomic E-state index is 6.11. The van der Waals surface area contributed by atoms with E-state index in [1.807, 2.05) is 12.1 Å². The Bertz CT molecular complexity index is 690. The van der Waals surface area contributed by atoms with E-state index in [1.165, 1.54) is 37.1 Å². The standard InChI is InChI=1S/C19H23N3O/c1-13-3-4-16(11-14(13)2)17-5-6-19(21-20-17)23-18-12-22-9-7-15(18)8-10-22/h3-6,11,15,18H,7-10,12H2,1-2H3. The van der Waals surface area contributed by atoms with Crippen molar-refractivity contribution in [3.63, 3.8) is 0 Å². The van der Waals surface area contributed by atoms with Crippen LogP contribution in [0.3, 0.4) is 0 Å². The molecule has 3 saturated heterocycles. The Kier molecular flexibility index (Phi) is 3.77. The summed E-state index contributed by atoms with van der Waals surface area (Å²) in [5, 5.41) is 8.65. The predicted octanol–water partition coefficient (Wildman–Crippen LogP) is 3.23. The van der Waals surface area contributed by atoms with Gasteiger partial charge in [0, 0.05) is 18.2 Å². The van der Waals surface area contributed by atoms with Gasteiger partial charge in [0.2, 0.25) is 5.88 Å². The van der Waals surface area contributed by atoms with Crippen LogP contribution in [0.4, 0.5) is 0 Å². The summed E-state index contributed by atoms with van der Waals surface area (Å²) >= 11 is 0. The van der Waals surface area contributed by atoms with Crippen LogP contribution >= 0.6 is 0 Å². The SMILES string of the molecule is Cc1ccc(-c2ccc(OC3CN4CCC3CC4)nn2)cc1C. The monoisotopic (exact) mass is 309 g/mol. The highest BCUT2D eigenvalue weighted by Gasteiger charge is 2.35. The molecule has 0 amide bonds. The number of ether oxygens (including phenoxy) is 1. The molecule has 0 spiro atoms. The molecule has 3 aliphatic rings. The lowest BCUT2D eigenvalue weighted by atomic mass is 9.86. The van der Waals surface area contributed by atoms with E-state index in [0.29, 0.717) is 11.8 Å². The molecule has 1 aromatic carbocycles. The van der Waals surface area contributed by atoms with Crippen molar-refractivity contribution < 1.29 is 4.74 Å². The van der Waals surface area contributed by atoms with Crippen molar-refractivity contribution in [3.05, 3.63) is 41.5 Å². The molecule has 0 radical (unpaired) electrons. The summed E-state index contributed by atoms with van der Waals surface area (Å²) in [5.74, 6) is 1.33. The summed E-state index contributed by atoms with van der Waals surface area (Å²) in [7, 11) is 0. The fraction of sp³-hybridized carbons (Fsp3) is 0.474. The Balaban J connectivity index is 1.48. The number of nitrogens with zero attached hydrogens (tertiary/aromatic N) is 3. The lowest BCUT2D eigenvalue weighted by Crippen LogP contribution is -2.52. The van der Waals surface area contributed by atoms with Gasteiger partial charge in [-0.25, -0.2) is 0 Å². The largest absolute Gasteiger partial charge is 0.472 e. The van der Waals surface area contributed by atoms with Gasteiger partial charge in [0.15, 0.2) is 0 Å². The van der Waals surface area contributed by atoms with Gasteiger partial charge >= 0.3 is 0 Å². The third-order valence-corrected chi connectivity index (χ3v) is 5.31. The summed E-state index contributed by atoms with van der Waals surface area (Å²) in [5.41, 5.74) is 4.57. The van der Waals surface area contributed by atoms with Crippen molar-refractivity contribution in [2.75, 3.05) is 19.6 Å². The Labute approximate surface area is 137 Å². The second-order valence-corrected chi connectivity index (χ2v) is 6.85. The van der Waals surface area contributed by atoms with Gasteiger partial charge in [0.25, 0.3) is 0 Å². The zero-order valence-electron chi connectivity index (χ0n) is 13.8. The van der Waals surface area contributed by atoms with Gasteiger partial charge in [-0.05, 0) is 69.0 Å². The summed E-state index contributed by atoms with van der Waals surface area (Å²) in [6, 6.07) is 10.3. The van der Waals surface area contributed by atoms with Crippen LogP contribution in [-0.4, -0.2) is 40.8 Å². The van der Waals surface area contributed by atoms with Crippen molar-refractivity contribution in [2.24, 2.45) is 5.92 Å². The number of hydrogen-bond donors (Lipinski definition) is 0. The van der Waals surface area contributed by atoms with Crippen LogP contribution in [0.15, 0.2) is 30.3 Å². The second kappa shape index (κ2) is 5.93. The second-order valence-electron chi connectivity index (χ2n) is 6.85. The minimum Gasteiger partial charge on any atom is -0.472 e. The summed E-state index contributed by atoms with van der Waals surface area (Å²) in [4.78, 5) is 2.49. The molecule has 0 saturated carbocycles. The van der Waals surface area contributed by atoms with E-state index < -0.39 is 0 Å². The van der Waals surface area contributed by atoms with E-state index >= 15 is 0 Å². The maximum absolute atomic E-state index is 6.11. The van der Waals surface area contributed by atoms with E-state index in [0.717, 1.165) is 17.8 Å². The molecule has 3 fully saturated rings. The van der Waals surface area contributed by atoms with Crippen molar-refractivity contribution in [1.29, 1.82) is 0 Å². The number of benzene rings is 1. The first-order chi connectivity index (χ1) is 11.2. The highest BCUT2D eigenvalue weighted by Crippen LogP contribution is 2.30. The van der Waals surface area contributed by atoms with Crippen molar-refractivity contribution >= 4 is 0 Å². The van der Waals surface area contributed by atoms with Crippen LogP contribution in [0.25, 0.3) is 11.3 Å². The molecule has 0 aliphatic carbocycles. The highest BCUT2D eigenvalue weighted by molar-refractivity contribution is 5.60. The van der Waals surface area contributed by atoms with Gasteiger partial charge in [0.05, 0.1) is 5.69 Å². The van der Waals surface area contributed by atoms with Crippen LogP contribution in [-0.2, 0) is 0 Å². The number of aromatic nitrogens is 2. The van der Waals surface area contributed by atoms with Gasteiger partial charge in [-0.15, -0.1) is 10.2 Å². The first kappa shape index (κ1) is 14.6. The molecule has 1 atom stereocenters. The third-order valence-electron chi connectivity index (χ3n) is 5.31. The summed E-state index contributed by atoms with van der Waals surface area (Å²) < 4.78 is 6.11. The van der Waals surface area contributed by atoms with Gasteiger partial charge in [-0.2, -0.15) is 0 Å². The lowest BCUT2D eigenvalue weighted by molar-refractivity contribution is -0.0103. The van der Waals surface area contributed by atoms with E-state index in [2.05, 4.69) is 47.1 Å². The predicted molar refractivity (Wildman–Crippen MR) is 90.5 cm³/mol. The van der Waals surface area contributed by atoms with Crippen LogP contribution in [0, 0.1) is 19.8 Å². The smallest absolute Gasteiger partial charge is 0.233 e. The fourth-order valence-electron chi connectivity index (χ4n) is 3.64. The average molecular weight is 309 g/mol. The number of aryl methyl sites for hydroxylation is 2. The van der Waals surface area contributed by atoms with E-state index in [-0.39, 0.29) is 6.10 Å². The van der Waals surface area contributed by atoms with Crippen LogP contribution in [0.2, 0.25) is 0 Å². The average Bonchev–Trinajstić information content (AvgIpc) is 2.59. The Morgan fingerprint density at radius 1 is 1.00 bits per heavy atom. The van der Waals surface area contributed by atoms with Crippen molar-refractivity contribution in [2.45, 2.75) is 32.8 Å². The lowest BCUT2D eigenvalue weighted by Gasteiger charge is -2.44. The molecule has 1 aromatic heterocycles. The molecule has 2 aromatic rings. The van der Waals surface area contributed by atoms with E-state index in [9.17, 15) is 0 Å². The molecule has 120 valence electrons. The number of fused-ring (bicyclic) bond motifs is 3. The molecule has 0 N–H and O–H groups in total. The summed E-state index contributed by atoms with van der Waals surface area (Å²) in [6.07, 6.45) is 2.77. The molecule has 3 aliphatic heterocycles. The normalized spacial score (nSPS) is 26.3. The molecule has 23 heavy (non-hydrogen) atoms. The summed E-state index contributed by atoms with van der Waals surface area (Å²) in [6.45, 7) is 7.72. The molecule has 1 unspecified atom stereocenters. The Hall–Kier alpha value is -1.94. The van der Waals surface area contributed by atoms with Crippen LogP contribution in [0.1, 0.15) is 24.0 Å². The topological polar surface area (TPSA) is 38.2 Å². The van der Waals surface area contributed by atoms with E-state index in [1.54, 1.807) is 0 Å². The first-order valence-electron chi connectivity index (χ1n) is 8.49. The van der Waals surface area contributed by atoms with Gasteiger partial charge in [-0.3, -0.25) is 4.90 Å². The third kappa shape index (κ3) is 2.95. The number of piperidine rings is 3. The minimum absolute atomic E-state index is 0.277. The van der Waals surface area contributed by atoms with Gasteiger partial charge in [-0.1, -0.05) is 12.1 Å². The number of hydrogen-bond acceptors (Lipinski definition) is 4. The highest BCUT2D eigenvalue weighted by atomic mass is 16.5. The Morgan fingerprint density at radius 3 is 2.43 bits per heavy atom. The minimum atomic E-state index is 0.277. The van der Waals surface area contributed by atoms with E-state index in [4.69, 9.17) is 4.74 Å². The van der Waals surface area contributed by atoms with Crippen LogP contribution in [0.5, 0.6) is 5.88 Å². The zero-order valence-corrected chi connectivity index (χ0v) is 13.8. The molecule has 4 heterocycles. The quantitative estimate of drug-likeness (QED) is 0.872. The number of rotatable bonds is 3. The molecule has 2 bridgehead atoms. The Morgan fingerprint density at radius 2 is 1.83 bits per heavy atom. The molecule has 4 nitrogen and oxygen atoms in total. The molecular formula is C19H23N3O. The van der Waals surface area contributed by atoms with Gasteiger partial charge in [0.1, 0.15) is 6.10 Å².